The summed E-state index contributed by atoms with van der Waals surface area (Å²) >= 11 is 0. The number of rotatable bonds is 12. The molecule has 1 aliphatic rings. The lowest BCUT2D eigenvalue weighted by Crippen LogP contribution is -2.49. The fraction of sp³-hybridized carbons (Fsp3) is 0.882. The van der Waals surface area contributed by atoms with Crippen LogP contribution in [0.2, 0.25) is 18.6 Å². The molecule has 1 aliphatic heterocycles. The third-order valence-corrected chi connectivity index (χ3v) is 9.65. The van der Waals surface area contributed by atoms with Gasteiger partial charge < -0.3 is 28.0 Å². The Bertz CT molecular complexity index is 360. The highest BCUT2D eigenvalue weighted by Crippen LogP contribution is 2.21. The molecule has 1 fully saturated rings. The van der Waals surface area contributed by atoms with E-state index < -0.39 is 8.56 Å². The van der Waals surface area contributed by atoms with Gasteiger partial charge in [0.15, 0.2) is 0 Å². The molecule has 0 aliphatic carbocycles. The third-order valence-electron chi connectivity index (χ3n) is 4.64. The van der Waals surface area contributed by atoms with E-state index in [1.165, 1.54) is 12.5 Å². The van der Waals surface area contributed by atoms with E-state index >= 15 is 0 Å². The molecule has 8 heteroatoms. The molecule has 0 amide bonds. The Morgan fingerprint density at radius 3 is 2.76 bits per heavy atom. The van der Waals surface area contributed by atoms with Crippen LogP contribution in [0.4, 0.5) is 0 Å². The summed E-state index contributed by atoms with van der Waals surface area (Å²) in [5.41, 5.74) is 0. The summed E-state index contributed by atoms with van der Waals surface area (Å²) in [6.07, 6.45) is 4.17. The van der Waals surface area contributed by atoms with Crippen molar-refractivity contribution in [2.45, 2.75) is 43.5 Å². The average Bonchev–Trinajstić information content (AvgIpc) is 2.60. The molecule has 6 nitrogen and oxygen atoms in total. The Morgan fingerprint density at radius 1 is 1.36 bits per heavy atom. The van der Waals surface area contributed by atoms with Crippen LogP contribution in [0.1, 0.15) is 12.8 Å². The quantitative estimate of drug-likeness (QED) is 0.218. The molecule has 0 bridgehead atoms. The number of ether oxygens (including phenoxy) is 3. The van der Waals surface area contributed by atoms with Gasteiger partial charge in [-0.25, -0.2) is 0 Å². The van der Waals surface area contributed by atoms with Gasteiger partial charge in [0.1, 0.15) is 5.91 Å². The molecule has 25 heavy (non-hydrogen) atoms. The lowest BCUT2D eigenvalue weighted by atomic mass is 10.3. The zero-order valence-electron chi connectivity index (χ0n) is 16.5. The average molecular weight is 392 g/mol. The fourth-order valence-corrected chi connectivity index (χ4v) is 6.54. The van der Waals surface area contributed by atoms with Gasteiger partial charge in [0.05, 0.1) is 28.8 Å². The molecule has 0 N–H and O–H groups in total. The van der Waals surface area contributed by atoms with Crippen LogP contribution in [0.3, 0.4) is 0 Å². The van der Waals surface area contributed by atoms with Gasteiger partial charge in [-0.2, -0.15) is 0 Å². The summed E-state index contributed by atoms with van der Waals surface area (Å²) in [6, 6.07) is 2.26. The van der Waals surface area contributed by atoms with Crippen molar-refractivity contribution in [3.63, 3.8) is 0 Å². The van der Waals surface area contributed by atoms with Crippen molar-refractivity contribution in [1.82, 2.24) is 4.90 Å². The maximum absolute atomic E-state index is 6.37. The van der Waals surface area contributed by atoms with Gasteiger partial charge in [-0.1, -0.05) is 12.1 Å². The van der Waals surface area contributed by atoms with E-state index in [-0.39, 0.29) is 21.5 Å². The van der Waals surface area contributed by atoms with Gasteiger partial charge in [-0.3, -0.25) is 0 Å². The van der Waals surface area contributed by atoms with Gasteiger partial charge in [-0.05, 0) is 38.5 Å². The van der Waals surface area contributed by atoms with Crippen LogP contribution in [0.25, 0.3) is 0 Å². The molecule has 0 saturated carbocycles. The highest BCUT2D eigenvalue weighted by molar-refractivity contribution is 6.66. The van der Waals surface area contributed by atoms with Crippen LogP contribution in [0, 0.1) is 0 Å². The summed E-state index contributed by atoms with van der Waals surface area (Å²) < 4.78 is 28.4. The fourth-order valence-electron chi connectivity index (χ4n) is 3.15. The molecule has 1 rings (SSSR count). The van der Waals surface area contributed by atoms with E-state index in [0.29, 0.717) is 13.2 Å². The Morgan fingerprint density at radius 2 is 2.12 bits per heavy atom. The minimum Gasteiger partial charge on any atom is -0.398 e. The van der Waals surface area contributed by atoms with E-state index in [4.69, 9.17) is 23.1 Å². The normalized spacial score (nSPS) is 26.2. The Hall–Kier alpha value is -0.0662. The number of nitrogens with zero attached hydrogens (tertiary/aromatic N) is 1. The second kappa shape index (κ2) is 13.2. The lowest BCUT2D eigenvalue weighted by molar-refractivity contribution is -0.0441. The van der Waals surface area contributed by atoms with E-state index in [0.717, 1.165) is 32.1 Å². The van der Waals surface area contributed by atoms with Gasteiger partial charge in [0.2, 0.25) is 0 Å². The minimum absolute atomic E-state index is 0.0455. The van der Waals surface area contributed by atoms with E-state index in [2.05, 4.69) is 18.0 Å². The minimum atomic E-state index is -2.07. The van der Waals surface area contributed by atoms with Crippen LogP contribution in [-0.2, 0) is 23.1 Å². The third kappa shape index (κ3) is 9.44. The van der Waals surface area contributed by atoms with Gasteiger partial charge >= 0.3 is 8.56 Å². The van der Waals surface area contributed by atoms with Gasteiger partial charge in [0, 0.05) is 27.9 Å². The second-order valence-electron chi connectivity index (χ2n) is 6.70. The number of hydrogen-bond acceptors (Lipinski definition) is 6. The monoisotopic (exact) mass is 391 g/mol. The van der Waals surface area contributed by atoms with Crippen LogP contribution >= 0.6 is 0 Å². The predicted octanol–water partition coefficient (Wildman–Crippen LogP) is 1.55. The lowest BCUT2D eigenvalue weighted by Gasteiger charge is -2.37. The standard InChI is InChI=1S/C17H37NO5Si2/c1-6-11-22-15-16-14-18(9-7-12-24-17(19-2)20-3)10-8-13-25(5,21-4)23-16/h6,16-17H,1,7-15,24H2,2-5H3. The molecule has 2 atom stereocenters. The van der Waals surface area contributed by atoms with Crippen LogP contribution in [-0.4, -0.2) is 89.2 Å². The highest BCUT2D eigenvalue weighted by Gasteiger charge is 2.35. The second-order valence-corrected chi connectivity index (χ2v) is 12.1. The summed E-state index contributed by atoms with van der Waals surface area (Å²) in [5.74, 6) is 0.0455. The molecule has 148 valence electrons. The van der Waals surface area contributed by atoms with E-state index in [1.54, 1.807) is 27.4 Å². The zero-order valence-corrected chi connectivity index (χ0v) is 18.9. The largest absolute Gasteiger partial charge is 0.398 e. The summed E-state index contributed by atoms with van der Waals surface area (Å²) in [7, 11) is 2.82. The van der Waals surface area contributed by atoms with Crippen molar-refractivity contribution >= 4 is 18.1 Å². The molecule has 1 saturated heterocycles. The topological polar surface area (TPSA) is 49.4 Å². The number of hydrogen-bond donors (Lipinski definition) is 0. The maximum Gasteiger partial charge on any atom is 0.335 e. The van der Waals surface area contributed by atoms with Crippen molar-refractivity contribution in [1.29, 1.82) is 0 Å². The molecule has 2 unspecified atom stereocenters. The van der Waals surface area contributed by atoms with Crippen LogP contribution in [0.15, 0.2) is 12.7 Å². The van der Waals surface area contributed by atoms with Crippen molar-refractivity contribution < 1.29 is 23.1 Å². The first kappa shape index (κ1) is 23.0. The molecule has 0 spiro atoms. The van der Waals surface area contributed by atoms with Gasteiger partial charge in [0.25, 0.3) is 0 Å². The summed E-state index contributed by atoms with van der Waals surface area (Å²) in [4.78, 5) is 2.51. The van der Waals surface area contributed by atoms with E-state index in [1.807, 2.05) is 0 Å². The maximum atomic E-state index is 6.37. The predicted molar refractivity (Wildman–Crippen MR) is 106 cm³/mol. The first-order valence-corrected chi connectivity index (χ1v) is 13.6. The molecule has 0 aromatic heterocycles. The van der Waals surface area contributed by atoms with Crippen molar-refractivity contribution in [2.75, 3.05) is 54.2 Å². The molecule has 0 aromatic carbocycles. The molecule has 0 aromatic rings. The molecular weight excluding hydrogens is 354 g/mol. The molecule has 1 heterocycles. The zero-order chi connectivity index (χ0) is 18.5. The van der Waals surface area contributed by atoms with Crippen LogP contribution in [0.5, 0.6) is 0 Å². The van der Waals surface area contributed by atoms with Crippen molar-refractivity contribution in [2.24, 2.45) is 0 Å². The summed E-state index contributed by atoms with van der Waals surface area (Å²) in [5, 5.41) is 0. The van der Waals surface area contributed by atoms with Crippen LogP contribution < -0.4 is 0 Å². The smallest absolute Gasteiger partial charge is 0.335 e. The first-order chi connectivity index (χ1) is 12.1. The Balaban J connectivity index is 2.46. The Kier molecular flexibility index (Phi) is 12.1. The molecular formula is C17H37NO5Si2. The SMILES string of the molecule is C=CCOCC1CN(CCC[SiH2]C(OC)OC)CCC[Si](C)(OC)O1. The van der Waals surface area contributed by atoms with Gasteiger partial charge in [-0.15, -0.1) is 6.58 Å². The van der Waals surface area contributed by atoms with Crippen molar-refractivity contribution in [3.8, 4) is 0 Å². The highest BCUT2D eigenvalue weighted by atomic mass is 28.4. The molecule has 0 radical (unpaired) electrons. The first-order valence-electron chi connectivity index (χ1n) is 9.26. The van der Waals surface area contributed by atoms with Crippen molar-refractivity contribution in [3.05, 3.63) is 12.7 Å². The Labute approximate surface area is 156 Å². The summed E-state index contributed by atoms with van der Waals surface area (Å²) in [6.45, 7) is 10.1. The van der Waals surface area contributed by atoms with E-state index in [9.17, 15) is 0 Å². The number of methoxy groups -OCH3 is 2.